The zero-order valence-electron chi connectivity index (χ0n) is 10.1. The molecule has 0 saturated heterocycles. The molecule has 1 heterocycles. The Balaban J connectivity index is 1.95. The van der Waals surface area contributed by atoms with Gasteiger partial charge in [-0.1, -0.05) is 11.8 Å². The third-order valence-corrected chi connectivity index (χ3v) is 4.62. The van der Waals surface area contributed by atoms with Crippen LogP contribution in [0.1, 0.15) is 6.42 Å². The number of fused-ring (bicyclic) bond motifs is 1. The van der Waals surface area contributed by atoms with E-state index in [0.717, 1.165) is 27.8 Å². The Labute approximate surface area is 110 Å². The summed E-state index contributed by atoms with van der Waals surface area (Å²) in [6, 6.07) is 5.89. The van der Waals surface area contributed by atoms with Crippen molar-refractivity contribution in [3.8, 4) is 0 Å². The van der Waals surface area contributed by atoms with Crippen LogP contribution >= 0.6 is 23.1 Å². The molecule has 0 aliphatic heterocycles. The van der Waals surface area contributed by atoms with Crippen molar-refractivity contribution in [1.82, 2.24) is 9.88 Å². The van der Waals surface area contributed by atoms with Crippen LogP contribution in [0, 0.1) is 0 Å². The predicted molar refractivity (Wildman–Crippen MR) is 77.9 cm³/mol. The Kier molecular flexibility index (Phi) is 4.25. The highest BCUT2D eigenvalue weighted by Gasteiger charge is 2.04. The van der Waals surface area contributed by atoms with Gasteiger partial charge in [-0.25, -0.2) is 4.98 Å². The summed E-state index contributed by atoms with van der Waals surface area (Å²) in [5.74, 6) is 1.12. The average Bonchev–Trinajstić information content (AvgIpc) is 2.66. The Hall–Kier alpha value is -0.780. The molecule has 0 aliphatic rings. The van der Waals surface area contributed by atoms with Crippen LogP contribution in [0.3, 0.4) is 0 Å². The minimum atomic E-state index is 0.810. The number of nitrogens with two attached hydrogens (primary N) is 1. The molecule has 17 heavy (non-hydrogen) atoms. The standard InChI is InChI=1S/C12H17N3S2/c1-15(2)6-3-7-16-12-14-10-5-4-9(13)8-11(10)17-12/h4-5,8H,3,6-7,13H2,1-2H3. The number of nitrogen functional groups attached to an aromatic ring is 1. The molecule has 0 radical (unpaired) electrons. The Morgan fingerprint density at radius 3 is 3.00 bits per heavy atom. The minimum absolute atomic E-state index is 0.810. The molecule has 2 N–H and O–H groups in total. The summed E-state index contributed by atoms with van der Waals surface area (Å²) in [5.41, 5.74) is 7.62. The number of thioether (sulfide) groups is 1. The molecule has 0 amide bonds. The van der Waals surface area contributed by atoms with E-state index in [-0.39, 0.29) is 0 Å². The van der Waals surface area contributed by atoms with E-state index in [4.69, 9.17) is 5.73 Å². The fourth-order valence-corrected chi connectivity index (χ4v) is 3.63. The summed E-state index contributed by atoms with van der Waals surface area (Å²) >= 11 is 3.56. The van der Waals surface area contributed by atoms with E-state index in [2.05, 4.69) is 24.0 Å². The van der Waals surface area contributed by atoms with Crippen LogP contribution in [0.5, 0.6) is 0 Å². The fourth-order valence-electron chi connectivity index (χ4n) is 1.52. The number of anilines is 1. The van der Waals surface area contributed by atoms with Crippen molar-refractivity contribution in [1.29, 1.82) is 0 Å². The largest absolute Gasteiger partial charge is 0.399 e. The van der Waals surface area contributed by atoms with Crippen molar-refractivity contribution < 1.29 is 0 Å². The maximum absolute atomic E-state index is 5.75. The Morgan fingerprint density at radius 1 is 1.41 bits per heavy atom. The van der Waals surface area contributed by atoms with Crippen molar-refractivity contribution in [3.05, 3.63) is 18.2 Å². The van der Waals surface area contributed by atoms with Crippen LogP contribution in [0.25, 0.3) is 10.2 Å². The lowest BCUT2D eigenvalue weighted by atomic mass is 10.3. The van der Waals surface area contributed by atoms with Gasteiger partial charge in [0.15, 0.2) is 4.34 Å². The van der Waals surface area contributed by atoms with Gasteiger partial charge < -0.3 is 10.6 Å². The van der Waals surface area contributed by atoms with Gasteiger partial charge in [0.1, 0.15) is 0 Å². The molecule has 0 fully saturated rings. The first-order valence-electron chi connectivity index (χ1n) is 5.59. The summed E-state index contributed by atoms with van der Waals surface area (Å²) in [6.07, 6.45) is 1.19. The molecule has 0 aliphatic carbocycles. The second-order valence-corrected chi connectivity index (χ2v) is 6.58. The highest BCUT2D eigenvalue weighted by Crippen LogP contribution is 2.30. The molecular weight excluding hydrogens is 250 g/mol. The number of hydrogen-bond acceptors (Lipinski definition) is 5. The lowest BCUT2D eigenvalue weighted by molar-refractivity contribution is 0.410. The fraction of sp³-hybridized carbons (Fsp3) is 0.417. The molecule has 0 unspecified atom stereocenters. The Bertz CT molecular complexity index is 493. The molecule has 2 rings (SSSR count). The summed E-state index contributed by atoms with van der Waals surface area (Å²) < 4.78 is 2.32. The molecule has 0 spiro atoms. The number of aromatic nitrogens is 1. The molecule has 0 saturated carbocycles. The van der Waals surface area contributed by atoms with Gasteiger partial charge in [-0.2, -0.15) is 0 Å². The van der Waals surface area contributed by atoms with Gasteiger partial charge in [-0.3, -0.25) is 0 Å². The molecule has 1 aromatic heterocycles. The topological polar surface area (TPSA) is 42.2 Å². The van der Waals surface area contributed by atoms with Crippen LogP contribution in [0.15, 0.2) is 22.5 Å². The summed E-state index contributed by atoms with van der Waals surface area (Å²) in [4.78, 5) is 6.79. The van der Waals surface area contributed by atoms with Crippen molar-refractivity contribution in [2.75, 3.05) is 32.1 Å². The normalized spacial score (nSPS) is 11.5. The lowest BCUT2D eigenvalue weighted by Crippen LogP contribution is -2.13. The van der Waals surface area contributed by atoms with Crippen molar-refractivity contribution in [2.45, 2.75) is 10.8 Å². The third kappa shape index (κ3) is 3.59. The highest BCUT2D eigenvalue weighted by molar-refractivity contribution is 8.01. The van der Waals surface area contributed by atoms with Gasteiger partial charge in [0.2, 0.25) is 0 Å². The van der Waals surface area contributed by atoms with Gasteiger partial charge in [0.25, 0.3) is 0 Å². The minimum Gasteiger partial charge on any atom is -0.399 e. The van der Waals surface area contributed by atoms with E-state index < -0.39 is 0 Å². The van der Waals surface area contributed by atoms with Gasteiger partial charge in [-0.05, 0) is 45.3 Å². The van der Waals surface area contributed by atoms with E-state index in [1.165, 1.54) is 11.1 Å². The lowest BCUT2D eigenvalue weighted by Gasteiger charge is -2.07. The number of nitrogens with zero attached hydrogens (tertiary/aromatic N) is 2. The van der Waals surface area contributed by atoms with Crippen LogP contribution in [0.2, 0.25) is 0 Å². The maximum Gasteiger partial charge on any atom is 0.151 e. The van der Waals surface area contributed by atoms with Gasteiger partial charge >= 0.3 is 0 Å². The molecule has 0 atom stereocenters. The third-order valence-electron chi connectivity index (χ3n) is 2.37. The smallest absolute Gasteiger partial charge is 0.151 e. The van der Waals surface area contributed by atoms with E-state index in [1.54, 1.807) is 11.3 Å². The van der Waals surface area contributed by atoms with Gasteiger partial charge in [-0.15, -0.1) is 11.3 Å². The summed E-state index contributed by atoms with van der Waals surface area (Å²) in [7, 11) is 4.20. The first-order valence-corrected chi connectivity index (χ1v) is 7.39. The summed E-state index contributed by atoms with van der Waals surface area (Å²) in [5, 5.41) is 0. The highest BCUT2D eigenvalue weighted by atomic mass is 32.2. The quantitative estimate of drug-likeness (QED) is 0.514. The van der Waals surface area contributed by atoms with E-state index >= 15 is 0 Å². The summed E-state index contributed by atoms with van der Waals surface area (Å²) in [6.45, 7) is 1.13. The van der Waals surface area contributed by atoms with E-state index in [9.17, 15) is 0 Å². The van der Waals surface area contributed by atoms with Gasteiger partial charge in [0, 0.05) is 11.4 Å². The van der Waals surface area contributed by atoms with Crippen molar-refractivity contribution in [2.24, 2.45) is 0 Å². The van der Waals surface area contributed by atoms with Crippen molar-refractivity contribution >= 4 is 39.0 Å². The first kappa shape index (κ1) is 12.7. The number of benzene rings is 1. The Morgan fingerprint density at radius 2 is 2.24 bits per heavy atom. The number of hydrogen-bond donors (Lipinski definition) is 1. The number of rotatable bonds is 5. The average molecular weight is 267 g/mol. The molecular formula is C12H17N3S2. The maximum atomic E-state index is 5.75. The van der Waals surface area contributed by atoms with Crippen molar-refractivity contribution in [3.63, 3.8) is 0 Å². The first-order chi connectivity index (χ1) is 8.15. The molecule has 5 heteroatoms. The number of thiazole rings is 1. The van der Waals surface area contributed by atoms with Crippen LogP contribution in [-0.4, -0.2) is 36.3 Å². The zero-order chi connectivity index (χ0) is 12.3. The van der Waals surface area contributed by atoms with Crippen LogP contribution < -0.4 is 5.73 Å². The molecule has 0 bridgehead atoms. The SMILES string of the molecule is CN(C)CCCSc1nc2ccc(N)cc2s1. The van der Waals surface area contributed by atoms with Crippen LogP contribution in [0.4, 0.5) is 5.69 Å². The molecule has 2 aromatic rings. The zero-order valence-corrected chi connectivity index (χ0v) is 11.8. The molecule has 3 nitrogen and oxygen atoms in total. The predicted octanol–water partition coefficient (Wildman–Crippen LogP) is 2.92. The van der Waals surface area contributed by atoms with E-state index in [1.807, 2.05) is 30.0 Å². The van der Waals surface area contributed by atoms with Crippen LogP contribution in [-0.2, 0) is 0 Å². The molecule has 1 aromatic carbocycles. The van der Waals surface area contributed by atoms with E-state index in [0.29, 0.717) is 0 Å². The van der Waals surface area contributed by atoms with Gasteiger partial charge in [0.05, 0.1) is 10.2 Å². The second kappa shape index (κ2) is 5.71. The second-order valence-electron chi connectivity index (χ2n) is 4.21. The molecule has 92 valence electrons. The monoisotopic (exact) mass is 267 g/mol.